The molecule has 3 rings (SSSR count). The second-order valence-corrected chi connectivity index (χ2v) is 6.25. The van der Waals surface area contributed by atoms with Crippen LogP contribution in [0.25, 0.3) is 0 Å². The summed E-state index contributed by atoms with van der Waals surface area (Å²) < 4.78 is 11.9. The maximum Gasteiger partial charge on any atom is 0.169 e. The highest BCUT2D eigenvalue weighted by atomic mass is 16.7. The minimum Gasteiger partial charge on any atom is -0.348 e. The lowest BCUT2D eigenvalue weighted by atomic mass is 9.62. The van der Waals surface area contributed by atoms with Gasteiger partial charge in [0.05, 0.1) is 13.2 Å². The smallest absolute Gasteiger partial charge is 0.169 e. The molecule has 0 amide bonds. The predicted octanol–water partition coefficient (Wildman–Crippen LogP) is 3.36. The third kappa shape index (κ3) is 1.46. The Balaban J connectivity index is 1.85. The topological polar surface area (TPSA) is 18.5 Å². The van der Waals surface area contributed by atoms with E-state index in [4.69, 9.17) is 9.47 Å². The van der Waals surface area contributed by atoms with Gasteiger partial charge in [0.15, 0.2) is 5.79 Å². The average Bonchev–Trinajstić information content (AvgIpc) is 2.81. The van der Waals surface area contributed by atoms with Gasteiger partial charge in [-0.2, -0.15) is 0 Å². The zero-order valence-electron chi connectivity index (χ0n) is 10.6. The molecule has 0 aromatic carbocycles. The zero-order chi connectivity index (χ0) is 11.2. The normalized spacial score (nSPS) is 40.9. The van der Waals surface area contributed by atoms with Gasteiger partial charge in [-0.1, -0.05) is 13.8 Å². The summed E-state index contributed by atoms with van der Waals surface area (Å²) in [7, 11) is 0. The molecule has 92 valence electrons. The fraction of sp³-hybridized carbons (Fsp3) is 1.00. The molecule has 2 aliphatic carbocycles. The first-order valence-corrected chi connectivity index (χ1v) is 6.95. The third-order valence-electron chi connectivity index (χ3n) is 5.61. The average molecular weight is 224 g/mol. The Morgan fingerprint density at radius 3 is 2.19 bits per heavy atom. The first kappa shape index (κ1) is 11.0. The summed E-state index contributed by atoms with van der Waals surface area (Å²) >= 11 is 0. The second-order valence-electron chi connectivity index (χ2n) is 6.25. The first-order chi connectivity index (χ1) is 7.67. The van der Waals surface area contributed by atoms with Crippen molar-refractivity contribution in [3.05, 3.63) is 0 Å². The number of hydrogen-bond acceptors (Lipinski definition) is 2. The van der Waals surface area contributed by atoms with Crippen LogP contribution in [0.1, 0.15) is 52.4 Å². The predicted molar refractivity (Wildman–Crippen MR) is 63.1 cm³/mol. The molecule has 2 nitrogen and oxygen atoms in total. The summed E-state index contributed by atoms with van der Waals surface area (Å²) in [6, 6.07) is 0. The highest BCUT2D eigenvalue weighted by Gasteiger charge is 2.54. The van der Waals surface area contributed by atoms with Gasteiger partial charge >= 0.3 is 0 Å². The summed E-state index contributed by atoms with van der Waals surface area (Å²) in [6.07, 6.45) is 7.75. The molecule has 16 heavy (non-hydrogen) atoms. The van der Waals surface area contributed by atoms with E-state index in [9.17, 15) is 0 Å². The summed E-state index contributed by atoms with van der Waals surface area (Å²) in [5, 5.41) is 0. The van der Waals surface area contributed by atoms with Gasteiger partial charge in [0, 0.05) is 12.8 Å². The highest BCUT2D eigenvalue weighted by molar-refractivity contribution is 5.01. The quantitative estimate of drug-likeness (QED) is 0.628. The van der Waals surface area contributed by atoms with Gasteiger partial charge in [0.2, 0.25) is 0 Å². The van der Waals surface area contributed by atoms with E-state index in [1.807, 2.05) is 0 Å². The Bertz CT molecular complexity index is 258. The van der Waals surface area contributed by atoms with Crippen molar-refractivity contribution < 1.29 is 9.47 Å². The Morgan fingerprint density at radius 2 is 1.56 bits per heavy atom. The number of hydrogen-bond donors (Lipinski definition) is 0. The SMILES string of the molecule is C[C@H]1CC[C@H](C)C12CCCC1(C2)OCCO1. The molecular weight excluding hydrogens is 200 g/mol. The lowest BCUT2D eigenvalue weighted by Crippen LogP contribution is -2.45. The van der Waals surface area contributed by atoms with E-state index in [0.717, 1.165) is 37.9 Å². The van der Waals surface area contributed by atoms with Gasteiger partial charge < -0.3 is 9.47 Å². The molecule has 3 aliphatic rings. The van der Waals surface area contributed by atoms with Crippen molar-refractivity contribution in [1.29, 1.82) is 0 Å². The van der Waals surface area contributed by atoms with Gasteiger partial charge in [0.25, 0.3) is 0 Å². The minimum absolute atomic E-state index is 0.189. The lowest BCUT2D eigenvalue weighted by molar-refractivity contribution is -0.211. The maximum absolute atomic E-state index is 5.94. The third-order valence-corrected chi connectivity index (χ3v) is 5.61. The highest BCUT2D eigenvalue weighted by Crippen LogP contribution is 2.59. The molecule has 0 unspecified atom stereocenters. The van der Waals surface area contributed by atoms with Crippen molar-refractivity contribution in [2.75, 3.05) is 13.2 Å². The largest absolute Gasteiger partial charge is 0.348 e. The van der Waals surface area contributed by atoms with E-state index >= 15 is 0 Å². The van der Waals surface area contributed by atoms with Gasteiger partial charge in [0.1, 0.15) is 0 Å². The van der Waals surface area contributed by atoms with Crippen LogP contribution in [0.4, 0.5) is 0 Å². The Labute approximate surface area is 98.7 Å². The van der Waals surface area contributed by atoms with E-state index in [0.29, 0.717) is 5.41 Å². The van der Waals surface area contributed by atoms with Gasteiger partial charge in [-0.05, 0) is 42.9 Å². The molecule has 0 radical (unpaired) electrons. The number of ether oxygens (including phenoxy) is 2. The molecule has 3 fully saturated rings. The lowest BCUT2D eigenvalue weighted by Gasteiger charge is -2.48. The molecule has 0 aromatic heterocycles. The molecule has 1 saturated heterocycles. The second kappa shape index (κ2) is 3.71. The van der Waals surface area contributed by atoms with Gasteiger partial charge in [-0.25, -0.2) is 0 Å². The number of rotatable bonds is 0. The monoisotopic (exact) mass is 224 g/mol. The fourth-order valence-electron chi connectivity index (χ4n) is 4.51. The van der Waals surface area contributed by atoms with Crippen LogP contribution < -0.4 is 0 Å². The van der Waals surface area contributed by atoms with Crippen molar-refractivity contribution in [2.24, 2.45) is 17.3 Å². The van der Waals surface area contributed by atoms with E-state index in [2.05, 4.69) is 13.8 Å². The Hall–Kier alpha value is -0.0800. The summed E-state index contributed by atoms with van der Waals surface area (Å²) in [6.45, 7) is 6.49. The fourth-order valence-corrected chi connectivity index (χ4v) is 4.51. The summed E-state index contributed by atoms with van der Waals surface area (Å²) in [4.78, 5) is 0. The van der Waals surface area contributed by atoms with E-state index in [-0.39, 0.29) is 5.79 Å². The molecule has 0 N–H and O–H groups in total. The molecule has 0 aromatic rings. The van der Waals surface area contributed by atoms with Crippen LogP contribution >= 0.6 is 0 Å². The molecule has 2 saturated carbocycles. The van der Waals surface area contributed by atoms with Crippen LogP contribution in [-0.2, 0) is 9.47 Å². The molecule has 0 bridgehead atoms. The van der Waals surface area contributed by atoms with Gasteiger partial charge in [-0.3, -0.25) is 0 Å². The first-order valence-electron chi connectivity index (χ1n) is 6.95. The molecule has 1 aliphatic heterocycles. The molecule has 2 atom stereocenters. The minimum atomic E-state index is -0.189. The molecule has 2 heteroatoms. The van der Waals surface area contributed by atoms with Crippen LogP contribution in [0.2, 0.25) is 0 Å². The van der Waals surface area contributed by atoms with Crippen molar-refractivity contribution in [2.45, 2.75) is 58.2 Å². The Morgan fingerprint density at radius 1 is 0.938 bits per heavy atom. The van der Waals surface area contributed by atoms with E-state index in [1.165, 1.54) is 25.7 Å². The van der Waals surface area contributed by atoms with E-state index < -0.39 is 0 Å². The van der Waals surface area contributed by atoms with Crippen molar-refractivity contribution in [3.63, 3.8) is 0 Å². The van der Waals surface area contributed by atoms with Crippen LogP contribution in [0.3, 0.4) is 0 Å². The summed E-state index contributed by atoms with van der Waals surface area (Å²) in [5.41, 5.74) is 0.516. The Kier molecular flexibility index (Phi) is 2.56. The molecule has 1 heterocycles. The van der Waals surface area contributed by atoms with Gasteiger partial charge in [-0.15, -0.1) is 0 Å². The van der Waals surface area contributed by atoms with E-state index in [1.54, 1.807) is 0 Å². The zero-order valence-corrected chi connectivity index (χ0v) is 10.6. The van der Waals surface area contributed by atoms with Crippen LogP contribution in [0.15, 0.2) is 0 Å². The molecular formula is C14H24O2. The molecule has 2 spiro atoms. The van der Waals surface area contributed by atoms with Crippen molar-refractivity contribution in [3.8, 4) is 0 Å². The standard InChI is InChI=1S/C14H24O2/c1-11-4-5-12(2)13(11)6-3-7-14(10-13)15-8-9-16-14/h11-12H,3-10H2,1-2H3/t11-,12-/m0/s1. The maximum atomic E-state index is 5.94. The van der Waals surface area contributed by atoms with Crippen LogP contribution in [0, 0.1) is 17.3 Å². The van der Waals surface area contributed by atoms with Crippen LogP contribution in [-0.4, -0.2) is 19.0 Å². The van der Waals surface area contributed by atoms with Crippen molar-refractivity contribution in [1.82, 2.24) is 0 Å². The summed E-state index contributed by atoms with van der Waals surface area (Å²) in [5.74, 6) is 1.52. The van der Waals surface area contributed by atoms with Crippen LogP contribution in [0.5, 0.6) is 0 Å². The van der Waals surface area contributed by atoms with Crippen molar-refractivity contribution >= 4 is 0 Å².